The molecule has 29 heavy (non-hydrogen) atoms. The van der Waals surface area contributed by atoms with Crippen molar-refractivity contribution < 1.29 is 19.1 Å². The number of nitrogens with zero attached hydrogens (tertiary/aromatic N) is 1. The number of rotatable bonds is 7. The Morgan fingerprint density at radius 1 is 1.00 bits per heavy atom. The summed E-state index contributed by atoms with van der Waals surface area (Å²) in [4.78, 5) is 28.4. The van der Waals surface area contributed by atoms with E-state index in [1.165, 1.54) is 7.11 Å². The SMILES string of the molecule is CCOc1ccccc1Nc1ccnc(C(=O)Nc2cccc(C(=O)OC)c2)c1. The summed E-state index contributed by atoms with van der Waals surface area (Å²) < 4.78 is 10.3. The van der Waals surface area contributed by atoms with Crippen LogP contribution in [0.1, 0.15) is 27.8 Å². The second-order valence-electron chi connectivity index (χ2n) is 6.01. The molecular weight excluding hydrogens is 370 g/mol. The van der Waals surface area contributed by atoms with E-state index < -0.39 is 11.9 Å². The van der Waals surface area contributed by atoms with E-state index in [1.54, 1.807) is 42.6 Å². The predicted octanol–water partition coefficient (Wildman–Crippen LogP) is 4.26. The molecule has 0 aliphatic rings. The van der Waals surface area contributed by atoms with Crippen LogP contribution >= 0.6 is 0 Å². The Morgan fingerprint density at radius 2 is 1.83 bits per heavy atom. The number of para-hydroxylation sites is 2. The van der Waals surface area contributed by atoms with Gasteiger partial charge in [-0.05, 0) is 49.4 Å². The van der Waals surface area contributed by atoms with Gasteiger partial charge in [0.25, 0.3) is 5.91 Å². The lowest BCUT2D eigenvalue weighted by molar-refractivity contribution is 0.0600. The molecule has 1 heterocycles. The molecule has 2 aromatic carbocycles. The first-order valence-electron chi connectivity index (χ1n) is 9.05. The van der Waals surface area contributed by atoms with Crippen molar-refractivity contribution in [1.29, 1.82) is 0 Å². The van der Waals surface area contributed by atoms with Crippen LogP contribution in [0.2, 0.25) is 0 Å². The number of carbonyl (C=O) groups is 2. The molecule has 0 spiro atoms. The van der Waals surface area contributed by atoms with Crippen LogP contribution < -0.4 is 15.4 Å². The van der Waals surface area contributed by atoms with Crippen LogP contribution in [0, 0.1) is 0 Å². The quantitative estimate of drug-likeness (QED) is 0.585. The van der Waals surface area contributed by atoms with Crippen LogP contribution in [0.15, 0.2) is 66.9 Å². The summed E-state index contributed by atoms with van der Waals surface area (Å²) in [6.45, 7) is 2.47. The Hall–Kier alpha value is -3.87. The molecule has 0 fully saturated rings. The first-order chi connectivity index (χ1) is 14.1. The van der Waals surface area contributed by atoms with Crippen LogP contribution in [-0.4, -0.2) is 30.6 Å². The molecule has 1 aromatic heterocycles. The smallest absolute Gasteiger partial charge is 0.337 e. The number of nitrogens with one attached hydrogen (secondary N) is 2. The molecule has 0 saturated carbocycles. The molecule has 0 aliphatic heterocycles. The molecule has 0 unspecified atom stereocenters. The molecular formula is C22H21N3O4. The Kier molecular flexibility index (Phi) is 6.42. The summed E-state index contributed by atoms with van der Waals surface area (Å²) in [6.07, 6.45) is 1.55. The van der Waals surface area contributed by atoms with Gasteiger partial charge in [0.15, 0.2) is 0 Å². The Labute approximate surface area is 168 Å². The van der Waals surface area contributed by atoms with Crippen molar-refractivity contribution in [2.45, 2.75) is 6.92 Å². The summed E-state index contributed by atoms with van der Waals surface area (Å²) in [7, 11) is 1.31. The molecule has 3 rings (SSSR count). The number of carbonyl (C=O) groups excluding carboxylic acids is 2. The lowest BCUT2D eigenvalue weighted by atomic mass is 10.2. The molecule has 0 bridgehead atoms. The predicted molar refractivity (Wildman–Crippen MR) is 111 cm³/mol. The molecule has 0 aliphatic carbocycles. The number of ether oxygens (including phenoxy) is 2. The first-order valence-corrected chi connectivity index (χ1v) is 9.05. The van der Waals surface area contributed by atoms with E-state index in [9.17, 15) is 9.59 Å². The van der Waals surface area contributed by atoms with Crippen molar-refractivity contribution in [3.05, 3.63) is 78.1 Å². The Bertz CT molecular complexity index is 1020. The summed E-state index contributed by atoms with van der Waals surface area (Å²) in [5.41, 5.74) is 2.53. The minimum absolute atomic E-state index is 0.229. The minimum Gasteiger partial charge on any atom is -0.492 e. The first kappa shape index (κ1) is 19.9. The number of aromatic nitrogens is 1. The van der Waals surface area contributed by atoms with Gasteiger partial charge in [-0.3, -0.25) is 9.78 Å². The third kappa shape index (κ3) is 5.10. The normalized spacial score (nSPS) is 10.1. The van der Waals surface area contributed by atoms with Gasteiger partial charge in [-0.1, -0.05) is 18.2 Å². The zero-order valence-corrected chi connectivity index (χ0v) is 16.1. The van der Waals surface area contributed by atoms with Gasteiger partial charge in [-0.15, -0.1) is 0 Å². The Morgan fingerprint density at radius 3 is 2.62 bits per heavy atom. The molecule has 2 N–H and O–H groups in total. The van der Waals surface area contributed by atoms with Gasteiger partial charge in [-0.25, -0.2) is 4.79 Å². The van der Waals surface area contributed by atoms with Crippen molar-refractivity contribution in [1.82, 2.24) is 4.98 Å². The van der Waals surface area contributed by atoms with Crippen LogP contribution in [0.4, 0.5) is 17.1 Å². The summed E-state index contributed by atoms with van der Waals surface area (Å²) in [6, 6.07) is 17.5. The van der Waals surface area contributed by atoms with Crippen molar-refractivity contribution in [2.75, 3.05) is 24.4 Å². The van der Waals surface area contributed by atoms with E-state index in [2.05, 4.69) is 15.6 Å². The molecule has 7 heteroatoms. The molecule has 0 saturated heterocycles. The van der Waals surface area contributed by atoms with Gasteiger partial charge in [0.05, 0.1) is 25.0 Å². The average molecular weight is 391 g/mol. The van der Waals surface area contributed by atoms with Gasteiger partial charge in [0, 0.05) is 17.6 Å². The number of pyridine rings is 1. The molecule has 0 atom stereocenters. The van der Waals surface area contributed by atoms with Crippen molar-refractivity contribution >= 4 is 28.9 Å². The second kappa shape index (κ2) is 9.36. The number of esters is 1. The van der Waals surface area contributed by atoms with Gasteiger partial charge >= 0.3 is 5.97 Å². The summed E-state index contributed by atoms with van der Waals surface area (Å²) >= 11 is 0. The third-order valence-corrected chi connectivity index (χ3v) is 4.00. The van der Waals surface area contributed by atoms with Crippen LogP contribution in [0.5, 0.6) is 5.75 Å². The number of hydrogen-bond donors (Lipinski definition) is 2. The highest BCUT2D eigenvalue weighted by molar-refractivity contribution is 6.04. The average Bonchev–Trinajstić information content (AvgIpc) is 2.75. The fraction of sp³-hybridized carbons (Fsp3) is 0.136. The maximum Gasteiger partial charge on any atom is 0.337 e. The zero-order chi connectivity index (χ0) is 20.6. The van der Waals surface area contributed by atoms with E-state index in [0.29, 0.717) is 23.5 Å². The van der Waals surface area contributed by atoms with Gasteiger partial charge in [0.1, 0.15) is 11.4 Å². The van der Waals surface area contributed by atoms with E-state index in [4.69, 9.17) is 9.47 Å². The van der Waals surface area contributed by atoms with E-state index >= 15 is 0 Å². The maximum absolute atomic E-state index is 12.6. The van der Waals surface area contributed by atoms with Crippen LogP contribution in [0.25, 0.3) is 0 Å². The fourth-order valence-corrected chi connectivity index (χ4v) is 2.68. The monoisotopic (exact) mass is 391 g/mol. The highest BCUT2D eigenvalue weighted by atomic mass is 16.5. The van der Waals surface area contributed by atoms with Gasteiger partial charge < -0.3 is 20.1 Å². The number of hydrogen-bond acceptors (Lipinski definition) is 6. The van der Waals surface area contributed by atoms with E-state index in [-0.39, 0.29) is 5.69 Å². The molecule has 1 amide bonds. The lowest BCUT2D eigenvalue weighted by Crippen LogP contribution is -2.14. The second-order valence-corrected chi connectivity index (χ2v) is 6.01. The lowest BCUT2D eigenvalue weighted by Gasteiger charge is -2.13. The van der Waals surface area contributed by atoms with E-state index in [1.807, 2.05) is 31.2 Å². The minimum atomic E-state index is -0.474. The van der Waals surface area contributed by atoms with E-state index in [0.717, 1.165) is 11.4 Å². The standard InChI is InChI=1S/C22H21N3O4/c1-3-29-20-10-5-4-9-18(20)24-17-11-12-23-19(14-17)21(26)25-16-8-6-7-15(13-16)22(27)28-2/h4-14H,3H2,1-2H3,(H,23,24)(H,25,26). The van der Waals surface area contributed by atoms with Crippen LogP contribution in [-0.2, 0) is 4.74 Å². The number of benzene rings is 2. The zero-order valence-electron chi connectivity index (χ0n) is 16.1. The fourth-order valence-electron chi connectivity index (χ4n) is 2.68. The van der Waals surface area contributed by atoms with Gasteiger partial charge in [-0.2, -0.15) is 0 Å². The van der Waals surface area contributed by atoms with Crippen molar-refractivity contribution in [2.24, 2.45) is 0 Å². The molecule has 148 valence electrons. The molecule has 0 radical (unpaired) electrons. The Balaban J connectivity index is 1.76. The van der Waals surface area contributed by atoms with Crippen molar-refractivity contribution in [3.63, 3.8) is 0 Å². The largest absolute Gasteiger partial charge is 0.492 e. The number of amides is 1. The third-order valence-electron chi connectivity index (χ3n) is 4.00. The molecule has 3 aromatic rings. The summed E-state index contributed by atoms with van der Waals surface area (Å²) in [5, 5.41) is 5.98. The highest BCUT2D eigenvalue weighted by Gasteiger charge is 2.12. The number of anilines is 3. The highest BCUT2D eigenvalue weighted by Crippen LogP contribution is 2.27. The van der Waals surface area contributed by atoms with Crippen molar-refractivity contribution in [3.8, 4) is 5.75 Å². The van der Waals surface area contributed by atoms with Gasteiger partial charge in [0.2, 0.25) is 0 Å². The van der Waals surface area contributed by atoms with Crippen LogP contribution in [0.3, 0.4) is 0 Å². The summed E-state index contributed by atoms with van der Waals surface area (Å²) in [5.74, 6) is -0.149. The molecule has 7 nitrogen and oxygen atoms in total. The maximum atomic E-state index is 12.6. The topological polar surface area (TPSA) is 89.5 Å². The number of methoxy groups -OCH3 is 1.